The van der Waals surface area contributed by atoms with Crippen LogP contribution in [0, 0.1) is 23.1 Å². The fourth-order valence-electron chi connectivity index (χ4n) is 4.73. The Bertz CT molecular complexity index is 1200. The molecule has 0 bridgehead atoms. The van der Waals surface area contributed by atoms with Gasteiger partial charge in [0, 0.05) is 31.2 Å². The van der Waals surface area contributed by atoms with Crippen LogP contribution in [0.2, 0.25) is 0 Å². The topological polar surface area (TPSA) is 112 Å². The second kappa shape index (κ2) is 6.25. The summed E-state index contributed by atoms with van der Waals surface area (Å²) in [5, 5.41) is 19.1. The molecule has 1 saturated heterocycles. The smallest absolute Gasteiger partial charge is 0.341 e. The number of aromatic carboxylic acids is 1. The number of aromatic nitrogens is 1. The van der Waals surface area contributed by atoms with E-state index in [2.05, 4.69) is 0 Å². The zero-order valence-corrected chi connectivity index (χ0v) is 16.1. The fraction of sp³-hybridized carbons (Fsp3) is 0.476. The summed E-state index contributed by atoms with van der Waals surface area (Å²) in [6, 6.07) is 2.30. The molecule has 1 aromatic heterocycles. The van der Waals surface area contributed by atoms with E-state index in [1.54, 1.807) is 4.90 Å². The first-order valence-electron chi connectivity index (χ1n) is 9.98. The summed E-state index contributed by atoms with van der Waals surface area (Å²) in [5.41, 5.74) is 4.72. The molecular weight excluding hydrogens is 394 g/mol. The Labute approximate surface area is 170 Å². The summed E-state index contributed by atoms with van der Waals surface area (Å²) in [7, 11) is 0. The second-order valence-electron chi connectivity index (χ2n) is 8.66. The molecule has 2 saturated carbocycles. The maximum Gasteiger partial charge on any atom is 0.341 e. The molecule has 7 nitrogen and oxygen atoms in total. The first-order chi connectivity index (χ1) is 14.2. The lowest BCUT2D eigenvalue weighted by atomic mass is 9.97. The molecule has 3 N–H and O–H groups in total. The van der Waals surface area contributed by atoms with Gasteiger partial charge in [-0.15, -0.1) is 0 Å². The van der Waals surface area contributed by atoms with Gasteiger partial charge in [0.1, 0.15) is 29.2 Å². The molecule has 2 aliphatic carbocycles. The van der Waals surface area contributed by atoms with Crippen molar-refractivity contribution in [3.63, 3.8) is 0 Å². The van der Waals surface area contributed by atoms with E-state index in [1.165, 1.54) is 4.57 Å². The summed E-state index contributed by atoms with van der Waals surface area (Å²) in [5.74, 6) is -2.05. The van der Waals surface area contributed by atoms with Crippen LogP contribution in [-0.4, -0.2) is 40.4 Å². The summed E-state index contributed by atoms with van der Waals surface area (Å²) in [6.07, 6.45) is 2.64. The molecule has 3 fully saturated rings. The van der Waals surface area contributed by atoms with Gasteiger partial charge in [0.25, 0.3) is 0 Å². The number of nitriles is 1. The van der Waals surface area contributed by atoms with Crippen LogP contribution in [0.25, 0.3) is 10.9 Å². The van der Waals surface area contributed by atoms with Crippen LogP contribution in [0.1, 0.15) is 47.6 Å². The molecule has 2 heterocycles. The molecule has 5 rings (SSSR count). The first-order valence-corrected chi connectivity index (χ1v) is 9.98. The molecule has 3 aliphatic rings. The summed E-state index contributed by atoms with van der Waals surface area (Å²) in [6.45, 7) is 1.02. The molecule has 9 heteroatoms. The highest BCUT2D eigenvalue weighted by molar-refractivity contribution is 5.96. The number of rotatable bonds is 4. The van der Waals surface area contributed by atoms with Crippen molar-refractivity contribution in [1.82, 2.24) is 4.57 Å². The number of fused-ring (bicyclic) bond motifs is 1. The zero-order chi connectivity index (χ0) is 21.4. The Hall–Kier alpha value is -2.99. The van der Waals surface area contributed by atoms with Crippen LogP contribution in [0.5, 0.6) is 0 Å². The number of nitrogens with two attached hydrogens (primary N) is 1. The Morgan fingerprint density at radius 3 is 2.67 bits per heavy atom. The highest BCUT2D eigenvalue weighted by atomic mass is 19.1. The molecule has 1 aromatic carbocycles. The Morgan fingerprint density at radius 1 is 1.40 bits per heavy atom. The number of anilines is 1. The minimum atomic E-state index is -1.48. The number of benzene rings is 1. The van der Waals surface area contributed by atoms with Crippen molar-refractivity contribution < 1.29 is 18.7 Å². The maximum atomic E-state index is 15.2. The van der Waals surface area contributed by atoms with Gasteiger partial charge in [-0.1, -0.05) is 0 Å². The number of carboxylic acids is 1. The van der Waals surface area contributed by atoms with Crippen LogP contribution < -0.4 is 16.1 Å². The Kier molecular flexibility index (Phi) is 3.96. The van der Waals surface area contributed by atoms with Crippen molar-refractivity contribution in [2.75, 3.05) is 18.0 Å². The Morgan fingerprint density at radius 2 is 2.10 bits per heavy atom. The van der Waals surface area contributed by atoms with E-state index >= 15 is 4.39 Å². The van der Waals surface area contributed by atoms with Gasteiger partial charge >= 0.3 is 5.97 Å². The molecule has 0 amide bonds. The van der Waals surface area contributed by atoms with Gasteiger partial charge in [-0.3, -0.25) is 4.79 Å². The molecule has 30 heavy (non-hydrogen) atoms. The van der Waals surface area contributed by atoms with Gasteiger partial charge < -0.3 is 20.3 Å². The lowest BCUT2D eigenvalue weighted by Gasteiger charge is -2.24. The standard InChI is InChI=1S/C21H20F2N4O3/c22-14-6-16(14)27-9-13(20(29)30)19(28)11-5-15(23)18(12(7-24)17(11)27)26-4-1-10(8-26)21(25)2-3-21/h5,9-10,14,16H,1-4,6,8,25H2,(H,29,30)/t10-,14+,16?/m1/s1. The Balaban J connectivity index is 1.73. The van der Waals surface area contributed by atoms with E-state index in [9.17, 15) is 24.3 Å². The third-order valence-corrected chi connectivity index (χ3v) is 6.77. The van der Waals surface area contributed by atoms with Gasteiger partial charge in [0.05, 0.1) is 22.6 Å². The minimum Gasteiger partial charge on any atom is -0.477 e. The van der Waals surface area contributed by atoms with Crippen molar-refractivity contribution >= 4 is 22.6 Å². The van der Waals surface area contributed by atoms with Crippen LogP contribution in [0.15, 0.2) is 17.1 Å². The predicted molar refractivity (Wildman–Crippen MR) is 105 cm³/mol. The average molecular weight is 414 g/mol. The van der Waals surface area contributed by atoms with Gasteiger partial charge in [-0.2, -0.15) is 5.26 Å². The summed E-state index contributed by atoms with van der Waals surface area (Å²) < 4.78 is 30.4. The molecule has 0 spiro atoms. The summed E-state index contributed by atoms with van der Waals surface area (Å²) in [4.78, 5) is 26.0. The largest absolute Gasteiger partial charge is 0.477 e. The summed E-state index contributed by atoms with van der Waals surface area (Å²) >= 11 is 0. The fourth-order valence-corrected chi connectivity index (χ4v) is 4.73. The molecule has 156 valence electrons. The number of halogens is 2. The molecule has 3 atom stereocenters. The zero-order valence-electron chi connectivity index (χ0n) is 16.1. The third-order valence-electron chi connectivity index (χ3n) is 6.77. The first kappa shape index (κ1) is 19.0. The van der Waals surface area contributed by atoms with Crippen molar-refractivity contribution in [3.8, 4) is 6.07 Å². The molecule has 1 aliphatic heterocycles. The van der Waals surface area contributed by atoms with Crippen LogP contribution >= 0.6 is 0 Å². The van der Waals surface area contributed by atoms with Crippen molar-refractivity contribution in [2.45, 2.75) is 43.4 Å². The number of pyridine rings is 1. The van der Waals surface area contributed by atoms with Crippen molar-refractivity contribution in [2.24, 2.45) is 11.7 Å². The second-order valence-corrected chi connectivity index (χ2v) is 8.66. The predicted octanol–water partition coefficient (Wildman–Crippen LogP) is 2.31. The van der Waals surface area contributed by atoms with E-state index in [0.717, 1.165) is 31.5 Å². The van der Waals surface area contributed by atoms with Crippen molar-refractivity contribution in [1.29, 1.82) is 5.26 Å². The van der Waals surface area contributed by atoms with Crippen LogP contribution in [-0.2, 0) is 0 Å². The van der Waals surface area contributed by atoms with E-state index in [1.807, 2.05) is 6.07 Å². The normalized spacial score (nSPS) is 26.6. The maximum absolute atomic E-state index is 15.2. The van der Waals surface area contributed by atoms with Gasteiger partial charge in [-0.25, -0.2) is 13.6 Å². The molecule has 1 unspecified atom stereocenters. The monoisotopic (exact) mass is 414 g/mol. The number of nitrogens with zero attached hydrogens (tertiary/aromatic N) is 3. The third kappa shape index (κ3) is 2.70. The van der Waals surface area contributed by atoms with E-state index in [4.69, 9.17) is 5.73 Å². The highest BCUT2D eigenvalue weighted by Crippen LogP contribution is 2.46. The molecule has 0 radical (unpaired) electrons. The quantitative estimate of drug-likeness (QED) is 0.794. The van der Waals surface area contributed by atoms with E-state index in [0.29, 0.717) is 13.1 Å². The average Bonchev–Trinajstić information content (AvgIpc) is 3.57. The number of carbonyl (C=O) groups is 1. The van der Waals surface area contributed by atoms with E-state index < -0.39 is 35.0 Å². The van der Waals surface area contributed by atoms with E-state index in [-0.39, 0.29) is 40.0 Å². The number of hydrogen-bond donors (Lipinski definition) is 2. The number of alkyl halides is 1. The lowest BCUT2D eigenvalue weighted by Crippen LogP contribution is -2.35. The SMILES string of the molecule is N#Cc1c(N2CC[C@@H](C3(N)CC3)C2)c(F)cc2c(=O)c(C(=O)O)cn(C3C[C@@H]3F)c12. The van der Waals surface area contributed by atoms with Gasteiger partial charge in [0.15, 0.2) is 0 Å². The lowest BCUT2D eigenvalue weighted by molar-refractivity contribution is 0.0694. The number of hydrogen-bond acceptors (Lipinski definition) is 5. The van der Waals surface area contributed by atoms with Crippen molar-refractivity contribution in [3.05, 3.63) is 39.4 Å². The van der Waals surface area contributed by atoms with Gasteiger partial charge in [-0.05, 0) is 31.2 Å². The van der Waals surface area contributed by atoms with Crippen LogP contribution in [0.3, 0.4) is 0 Å². The van der Waals surface area contributed by atoms with Gasteiger partial charge in [0.2, 0.25) is 5.43 Å². The molecular formula is C21H20F2N4O3. The van der Waals surface area contributed by atoms with Crippen LogP contribution in [0.4, 0.5) is 14.5 Å². The highest BCUT2D eigenvalue weighted by Gasteiger charge is 2.48. The number of carboxylic acid groups (broad SMARTS) is 1. The minimum absolute atomic E-state index is 0.0688. The molecule has 2 aromatic rings.